The monoisotopic (exact) mass is 379 g/mol. The Balaban J connectivity index is 2.58. The number of aryl methyl sites for hydroxylation is 4. The molecule has 2 rings (SSSR count). The molecule has 1 nitrogen and oxygen atoms in total. The van der Waals surface area contributed by atoms with Gasteiger partial charge < -0.3 is 5.32 Å². The lowest BCUT2D eigenvalue weighted by atomic mass is 9.91. The summed E-state index contributed by atoms with van der Waals surface area (Å²) in [6.07, 6.45) is 0. The molecule has 0 aliphatic rings. The number of halogens is 1. The van der Waals surface area contributed by atoms with Gasteiger partial charge in [0.1, 0.15) is 0 Å². The maximum Gasteiger partial charge on any atom is 0.0587 e. The number of nitrogens with one attached hydrogen (secondary N) is 1. The largest absolute Gasteiger partial charge is 0.309 e. The molecular formula is C18H22IN. The third-order valence-electron chi connectivity index (χ3n) is 4.01. The van der Waals surface area contributed by atoms with E-state index in [0.717, 1.165) is 0 Å². The van der Waals surface area contributed by atoms with Crippen molar-refractivity contribution in [3.8, 4) is 0 Å². The second kappa shape index (κ2) is 6.27. The van der Waals surface area contributed by atoms with E-state index in [1.165, 1.54) is 37.0 Å². The maximum atomic E-state index is 3.49. The lowest BCUT2D eigenvalue weighted by molar-refractivity contribution is 0.682. The van der Waals surface area contributed by atoms with Gasteiger partial charge in [-0.05, 0) is 90.7 Å². The minimum atomic E-state index is 0.251. The minimum absolute atomic E-state index is 0.251. The van der Waals surface area contributed by atoms with Crippen molar-refractivity contribution in [3.05, 3.63) is 67.3 Å². The smallest absolute Gasteiger partial charge is 0.0587 e. The molecule has 0 amide bonds. The predicted molar refractivity (Wildman–Crippen MR) is 95.5 cm³/mol. The average molecular weight is 379 g/mol. The zero-order chi connectivity index (χ0) is 14.9. The van der Waals surface area contributed by atoms with E-state index in [0.29, 0.717) is 0 Å². The summed E-state index contributed by atoms with van der Waals surface area (Å²) in [5.74, 6) is 0. The van der Waals surface area contributed by atoms with Gasteiger partial charge in [0, 0.05) is 3.57 Å². The SMILES string of the molecule is CNC(c1cc(C)c(C)cc1C)c1cccc(C)c1I. The van der Waals surface area contributed by atoms with Crippen LogP contribution in [-0.4, -0.2) is 7.05 Å². The van der Waals surface area contributed by atoms with E-state index < -0.39 is 0 Å². The van der Waals surface area contributed by atoms with Crippen LogP contribution in [0.5, 0.6) is 0 Å². The van der Waals surface area contributed by atoms with Gasteiger partial charge in [0.25, 0.3) is 0 Å². The number of hydrogen-bond acceptors (Lipinski definition) is 1. The van der Waals surface area contributed by atoms with Gasteiger partial charge >= 0.3 is 0 Å². The molecule has 2 heteroatoms. The zero-order valence-corrected chi connectivity index (χ0v) is 15.0. The Kier molecular flexibility index (Phi) is 4.86. The van der Waals surface area contributed by atoms with Crippen molar-refractivity contribution < 1.29 is 0 Å². The Hall–Kier alpha value is -0.870. The van der Waals surface area contributed by atoms with Crippen molar-refractivity contribution in [3.63, 3.8) is 0 Å². The molecule has 0 aliphatic carbocycles. The topological polar surface area (TPSA) is 12.0 Å². The van der Waals surface area contributed by atoms with Crippen LogP contribution in [0.4, 0.5) is 0 Å². The predicted octanol–water partition coefficient (Wildman–Crippen LogP) is 4.83. The quantitative estimate of drug-likeness (QED) is 0.753. The van der Waals surface area contributed by atoms with Crippen LogP contribution in [0.25, 0.3) is 0 Å². The van der Waals surface area contributed by atoms with Gasteiger partial charge in [-0.3, -0.25) is 0 Å². The third kappa shape index (κ3) is 2.91. The molecule has 0 fully saturated rings. The second-order valence-corrected chi connectivity index (χ2v) is 6.57. The lowest BCUT2D eigenvalue weighted by Gasteiger charge is -2.22. The first-order valence-electron chi connectivity index (χ1n) is 6.95. The van der Waals surface area contributed by atoms with Crippen LogP contribution in [0.15, 0.2) is 30.3 Å². The molecule has 1 atom stereocenters. The molecule has 1 N–H and O–H groups in total. The summed E-state index contributed by atoms with van der Waals surface area (Å²) in [5, 5.41) is 3.49. The van der Waals surface area contributed by atoms with E-state index in [4.69, 9.17) is 0 Å². The summed E-state index contributed by atoms with van der Waals surface area (Å²) in [4.78, 5) is 0. The van der Waals surface area contributed by atoms with Crippen molar-refractivity contribution in [2.45, 2.75) is 33.7 Å². The summed E-state index contributed by atoms with van der Waals surface area (Å²) in [5.41, 5.74) is 8.14. The Bertz CT molecular complexity index is 632. The van der Waals surface area contributed by atoms with Gasteiger partial charge in [-0.2, -0.15) is 0 Å². The van der Waals surface area contributed by atoms with Crippen LogP contribution in [0, 0.1) is 31.3 Å². The van der Waals surface area contributed by atoms with Crippen molar-refractivity contribution in [1.82, 2.24) is 5.32 Å². The summed E-state index contributed by atoms with van der Waals surface area (Å²) in [7, 11) is 2.04. The van der Waals surface area contributed by atoms with Crippen LogP contribution >= 0.6 is 22.6 Å². The lowest BCUT2D eigenvalue weighted by Crippen LogP contribution is -2.20. The van der Waals surface area contributed by atoms with Gasteiger partial charge in [-0.15, -0.1) is 0 Å². The molecule has 0 aromatic heterocycles. The Morgan fingerprint density at radius 1 is 0.850 bits per heavy atom. The average Bonchev–Trinajstić information content (AvgIpc) is 2.41. The zero-order valence-electron chi connectivity index (χ0n) is 12.8. The molecule has 0 saturated heterocycles. The summed E-state index contributed by atoms with van der Waals surface area (Å²) in [6.45, 7) is 8.74. The molecule has 0 saturated carbocycles. The van der Waals surface area contributed by atoms with Crippen LogP contribution in [0.2, 0.25) is 0 Å². The van der Waals surface area contributed by atoms with E-state index in [1.54, 1.807) is 0 Å². The fraction of sp³-hybridized carbons (Fsp3) is 0.333. The normalized spacial score (nSPS) is 12.5. The van der Waals surface area contributed by atoms with Crippen molar-refractivity contribution in [2.24, 2.45) is 0 Å². The van der Waals surface area contributed by atoms with Gasteiger partial charge in [-0.1, -0.05) is 30.3 Å². The number of rotatable bonds is 3. The van der Waals surface area contributed by atoms with Crippen LogP contribution in [-0.2, 0) is 0 Å². The standard InChI is InChI=1S/C18H22IN/c1-11-7-6-8-15(17(11)19)18(20-5)16-10-13(3)12(2)9-14(16)4/h6-10,18,20H,1-5H3. The van der Waals surface area contributed by atoms with E-state index in [2.05, 4.69) is 85.9 Å². The molecule has 2 aromatic rings. The highest BCUT2D eigenvalue weighted by Crippen LogP contribution is 2.31. The highest BCUT2D eigenvalue weighted by Gasteiger charge is 2.18. The molecule has 0 radical (unpaired) electrons. The van der Waals surface area contributed by atoms with Crippen LogP contribution in [0.1, 0.15) is 39.4 Å². The fourth-order valence-corrected chi connectivity index (χ4v) is 3.34. The van der Waals surface area contributed by atoms with Crippen LogP contribution < -0.4 is 5.32 Å². The maximum absolute atomic E-state index is 3.49. The molecule has 0 heterocycles. The highest BCUT2D eigenvalue weighted by molar-refractivity contribution is 14.1. The van der Waals surface area contributed by atoms with Gasteiger partial charge in [0.15, 0.2) is 0 Å². The van der Waals surface area contributed by atoms with Crippen LogP contribution in [0.3, 0.4) is 0 Å². The summed E-state index contributed by atoms with van der Waals surface area (Å²) < 4.78 is 1.35. The van der Waals surface area contributed by atoms with E-state index in [-0.39, 0.29) is 6.04 Å². The molecule has 106 valence electrons. The second-order valence-electron chi connectivity index (χ2n) is 5.49. The Morgan fingerprint density at radius 2 is 1.50 bits per heavy atom. The van der Waals surface area contributed by atoms with Crippen molar-refractivity contribution in [1.29, 1.82) is 0 Å². The molecule has 0 spiro atoms. The van der Waals surface area contributed by atoms with E-state index >= 15 is 0 Å². The Labute approximate surface area is 135 Å². The first-order valence-corrected chi connectivity index (χ1v) is 8.03. The highest BCUT2D eigenvalue weighted by atomic mass is 127. The molecule has 1 unspecified atom stereocenters. The Morgan fingerprint density at radius 3 is 2.15 bits per heavy atom. The molecule has 0 bridgehead atoms. The van der Waals surface area contributed by atoms with Gasteiger partial charge in [0.05, 0.1) is 6.04 Å². The summed E-state index contributed by atoms with van der Waals surface area (Å²) >= 11 is 2.46. The van der Waals surface area contributed by atoms with Crippen molar-refractivity contribution in [2.75, 3.05) is 7.05 Å². The molecule has 20 heavy (non-hydrogen) atoms. The number of benzene rings is 2. The third-order valence-corrected chi connectivity index (χ3v) is 5.49. The molecule has 2 aromatic carbocycles. The minimum Gasteiger partial charge on any atom is -0.309 e. The van der Waals surface area contributed by atoms with Gasteiger partial charge in [0.2, 0.25) is 0 Å². The first kappa shape index (κ1) is 15.5. The van der Waals surface area contributed by atoms with Crippen molar-refractivity contribution >= 4 is 22.6 Å². The first-order chi connectivity index (χ1) is 9.45. The van der Waals surface area contributed by atoms with E-state index in [9.17, 15) is 0 Å². The number of hydrogen-bond donors (Lipinski definition) is 1. The molecule has 0 aliphatic heterocycles. The van der Waals surface area contributed by atoms with Gasteiger partial charge in [-0.25, -0.2) is 0 Å². The summed E-state index contributed by atoms with van der Waals surface area (Å²) in [6, 6.07) is 11.4. The van der Waals surface area contributed by atoms with E-state index in [1.807, 2.05) is 7.05 Å². The fourth-order valence-electron chi connectivity index (χ4n) is 2.67. The molecular weight excluding hydrogens is 357 g/mol.